The number of amides is 1. The van der Waals surface area contributed by atoms with Crippen molar-refractivity contribution in [1.29, 1.82) is 0 Å². The fraction of sp³-hybridized carbons (Fsp3) is 0.615. The molecule has 0 aliphatic heterocycles. The molecule has 1 aliphatic carbocycles. The van der Waals surface area contributed by atoms with Crippen LogP contribution in [0.15, 0.2) is 10.5 Å². The highest BCUT2D eigenvalue weighted by atomic mass is 16.3. The maximum absolute atomic E-state index is 11.9. The SMILES string of the molecule is Cc1cc(C(=O)NCC2CCCC2O)c(C)o1. The van der Waals surface area contributed by atoms with Crippen LogP contribution in [0.3, 0.4) is 0 Å². The lowest BCUT2D eigenvalue weighted by molar-refractivity contribution is 0.0915. The summed E-state index contributed by atoms with van der Waals surface area (Å²) in [5, 5.41) is 12.5. The van der Waals surface area contributed by atoms with Crippen LogP contribution in [0.4, 0.5) is 0 Å². The summed E-state index contributed by atoms with van der Waals surface area (Å²) in [4.78, 5) is 11.9. The Labute approximate surface area is 101 Å². The predicted octanol–water partition coefficient (Wildman–Crippen LogP) is 1.79. The van der Waals surface area contributed by atoms with Crippen LogP contribution < -0.4 is 5.32 Å². The standard InChI is InChI=1S/C13H19NO3/c1-8-6-11(9(2)17-8)13(16)14-7-10-4-3-5-12(10)15/h6,10,12,15H,3-5,7H2,1-2H3,(H,14,16). The number of aryl methyl sites for hydroxylation is 2. The van der Waals surface area contributed by atoms with E-state index in [0.717, 1.165) is 25.0 Å². The number of furan rings is 1. The lowest BCUT2D eigenvalue weighted by Gasteiger charge is -2.14. The number of aliphatic hydroxyl groups excluding tert-OH is 1. The molecule has 4 heteroatoms. The van der Waals surface area contributed by atoms with Crippen molar-refractivity contribution in [2.45, 2.75) is 39.2 Å². The van der Waals surface area contributed by atoms with E-state index in [4.69, 9.17) is 4.42 Å². The van der Waals surface area contributed by atoms with Crippen molar-refractivity contribution in [3.8, 4) is 0 Å². The zero-order chi connectivity index (χ0) is 12.4. The second kappa shape index (κ2) is 4.92. The first-order valence-electron chi connectivity index (χ1n) is 6.11. The van der Waals surface area contributed by atoms with Gasteiger partial charge < -0.3 is 14.8 Å². The van der Waals surface area contributed by atoms with Gasteiger partial charge in [0.15, 0.2) is 0 Å². The van der Waals surface area contributed by atoms with Crippen LogP contribution >= 0.6 is 0 Å². The van der Waals surface area contributed by atoms with E-state index in [2.05, 4.69) is 5.32 Å². The van der Waals surface area contributed by atoms with E-state index in [0.29, 0.717) is 17.9 Å². The number of carbonyl (C=O) groups excluding carboxylic acids is 1. The number of carbonyl (C=O) groups is 1. The molecule has 1 aliphatic rings. The molecule has 2 N–H and O–H groups in total. The van der Waals surface area contributed by atoms with Crippen LogP contribution in [-0.4, -0.2) is 23.7 Å². The fourth-order valence-corrected chi connectivity index (χ4v) is 2.43. The average molecular weight is 237 g/mol. The first-order valence-corrected chi connectivity index (χ1v) is 6.11. The summed E-state index contributed by atoms with van der Waals surface area (Å²) >= 11 is 0. The summed E-state index contributed by atoms with van der Waals surface area (Å²) in [6, 6.07) is 1.75. The monoisotopic (exact) mass is 237 g/mol. The van der Waals surface area contributed by atoms with Crippen LogP contribution in [0.5, 0.6) is 0 Å². The highest BCUT2D eigenvalue weighted by Crippen LogP contribution is 2.24. The van der Waals surface area contributed by atoms with E-state index in [-0.39, 0.29) is 17.9 Å². The highest BCUT2D eigenvalue weighted by molar-refractivity contribution is 5.95. The third-order valence-electron chi connectivity index (χ3n) is 3.43. The lowest BCUT2D eigenvalue weighted by Crippen LogP contribution is -2.32. The van der Waals surface area contributed by atoms with Gasteiger partial charge in [0.05, 0.1) is 11.7 Å². The third kappa shape index (κ3) is 2.69. The molecule has 1 saturated carbocycles. The molecule has 1 heterocycles. The van der Waals surface area contributed by atoms with Crippen molar-refractivity contribution in [2.24, 2.45) is 5.92 Å². The Morgan fingerprint density at radius 3 is 2.82 bits per heavy atom. The Bertz CT molecular complexity index is 411. The molecular formula is C13H19NO3. The van der Waals surface area contributed by atoms with Crippen LogP contribution in [0, 0.1) is 19.8 Å². The number of hydrogen-bond donors (Lipinski definition) is 2. The van der Waals surface area contributed by atoms with Crippen molar-refractivity contribution in [3.05, 3.63) is 23.2 Å². The summed E-state index contributed by atoms with van der Waals surface area (Å²) in [5.41, 5.74) is 0.593. The summed E-state index contributed by atoms with van der Waals surface area (Å²) in [5.74, 6) is 1.48. The van der Waals surface area contributed by atoms with Gasteiger partial charge in [0, 0.05) is 12.5 Å². The lowest BCUT2D eigenvalue weighted by atomic mass is 10.1. The summed E-state index contributed by atoms with van der Waals surface area (Å²) in [6.07, 6.45) is 2.63. The zero-order valence-electron chi connectivity index (χ0n) is 10.3. The number of hydrogen-bond acceptors (Lipinski definition) is 3. The van der Waals surface area contributed by atoms with E-state index in [1.807, 2.05) is 6.92 Å². The third-order valence-corrected chi connectivity index (χ3v) is 3.43. The van der Waals surface area contributed by atoms with Gasteiger partial charge in [-0.25, -0.2) is 0 Å². The van der Waals surface area contributed by atoms with Gasteiger partial charge in [-0.05, 0) is 32.8 Å². The van der Waals surface area contributed by atoms with Crippen molar-refractivity contribution < 1.29 is 14.3 Å². The van der Waals surface area contributed by atoms with Gasteiger partial charge in [-0.3, -0.25) is 4.79 Å². The van der Waals surface area contributed by atoms with Gasteiger partial charge in [-0.2, -0.15) is 0 Å². The van der Waals surface area contributed by atoms with Crippen molar-refractivity contribution in [3.63, 3.8) is 0 Å². The van der Waals surface area contributed by atoms with E-state index in [1.165, 1.54) is 0 Å². The van der Waals surface area contributed by atoms with Gasteiger partial charge in [0.2, 0.25) is 0 Å². The zero-order valence-corrected chi connectivity index (χ0v) is 10.3. The Kier molecular flexibility index (Phi) is 3.52. The second-order valence-electron chi connectivity index (χ2n) is 4.80. The van der Waals surface area contributed by atoms with Gasteiger partial charge >= 0.3 is 0 Å². The second-order valence-corrected chi connectivity index (χ2v) is 4.80. The number of nitrogens with one attached hydrogen (secondary N) is 1. The molecule has 0 radical (unpaired) electrons. The van der Waals surface area contributed by atoms with Gasteiger partial charge in [-0.15, -0.1) is 0 Å². The maximum Gasteiger partial charge on any atom is 0.254 e. The quantitative estimate of drug-likeness (QED) is 0.842. The van der Waals surface area contributed by atoms with Crippen LogP contribution in [0.1, 0.15) is 41.1 Å². The molecule has 1 amide bonds. The van der Waals surface area contributed by atoms with E-state index >= 15 is 0 Å². The highest BCUT2D eigenvalue weighted by Gasteiger charge is 2.25. The van der Waals surface area contributed by atoms with Gasteiger partial charge in [0.1, 0.15) is 11.5 Å². The largest absolute Gasteiger partial charge is 0.466 e. The molecule has 0 saturated heterocycles. The molecule has 1 aromatic heterocycles. The molecule has 4 nitrogen and oxygen atoms in total. The molecule has 0 aromatic carbocycles. The van der Waals surface area contributed by atoms with Crippen LogP contribution in [0.25, 0.3) is 0 Å². The first-order chi connectivity index (χ1) is 8.08. The van der Waals surface area contributed by atoms with E-state index in [9.17, 15) is 9.90 Å². The van der Waals surface area contributed by atoms with Crippen molar-refractivity contribution in [1.82, 2.24) is 5.32 Å². The number of rotatable bonds is 3. The molecule has 2 atom stereocenters. The minimum absolute atomic E-state index is 0.113. The first kappa shape index (κ1) is 12.2. The van der Waals surface area contributed by atoms with Gasteiger partial charge in [0.25, 0.3) is 5.91 Å². The topological polar surface area (TPSA) is 62.5 Å². The summed E-state index contributed by atoms with van der Waals surface area (Å²) < 4.78 is 5.32. The minimum atomic E-state index is -0.262. The average Bonchev–Trinajstić information content (AvgIpc) is 2.81. The molecule has 2 rings (SSSR count). The smallest absolute Gasteiger partial charge is 0.254 e. The van der Waals surface area contributed by atoms with Crippen molar-refractivity contribution in [2.75, 3.05) is 6.54 Å². The minimum Gasteiger partial charge on any atom is -0.466 e. The van der Waals surface area contributed by atoms with E-state index in [1.54, 1.807) is 13.0 Å². The predicted molar refractivity (Wildman–Crippen MR) is 63.9 cm³/mol. The molecule has 17 heavy (non-hydrogen) atoms. The number of aliphatic hydroxyl groups is 1. The normalized spacial score (nSPS) is 23.9. The van der Waals surface area contributed by atoms with Crippen LogP contribution in [0.2, 0.25) is 0 Å². The van der Waals surface area contributed by atoms with E-state index < -0.39 is 0 Å². The Balaban J connectivity index is 1.91. The summed E-state index contributed by atoms with van der Waals surface area (Å²) in [7, 11) is 0. The molecule has 1 fully saturated rings. The molecule has 94 valence electrons. The van der Waals surface area contributed by atoms with Gasteiger partial charge in [-0.1, -0.05) is 6.42 Å². The molecule has 1 aromatic rings. The Morgan fingerprint density at radius 2 is 2.29 bits per heavy atom. The fourth-order valence-electron chi connectivity index (χ4n) is 2.43. The maximum atomic E-state index is 11.9. The summed E-state index contributed by atoms with van der Waals surface area (Å²) in [6.45, 7) is 4.15. The Hall–Kier alpha value is -1.29. The van der Waals surface area contributed by atoms with Crippen LogP contribution in [-0.2, 0) is 0 Å². The molecule has 0 spiro atoms. The molecule has 2 unspecified atom stereocenters. The Morgan fingerprint density at radius 1 is 1.53 bits per heavy atom. The van der Waals surface area contributed by atoms with Crippen molar-refractivity contribution >= 4 is 5.91 Å². The molecular weight excluding hydrogens is 218 g/mol. The molecule has 0 bridgehead atoms.